The van der Waals surface area contributed by atoms with E-state index in [-0.39, 0.29) is 5.41 Å². The zero-order valence-electron chi connectivity index (χ0n) is 13.4. The van der Waals surface area contributed by atoms with Gasteiger partial charge in [0.1, 0.15) is 12.4 Å². The molecule has 0 heterocycles. The molecule has 2 rings (SSSR count). The van der Waals surface area contributed by atoms with Crippen LogP contribution < -0.4 is 10.5 Å². The smallest absolute Gasteiger partial charge is 0.126 e. The van der Waals surface area contributed by atoms with E-state index in [1.165, 1.54) is 11.1 Å². The van der Waals surface area contributed by atoms with E-state index in [1.807, 2.05) is 0 Å². The molecule has 0 aliphatic rings. The van der Waals surface area contributed by atoms with Crippen molar-refractivity contribution in [2.45, 2.75) is 46.3 Å². The number of hydrogen-bond acceptors (Lipinski definition) is 2. The Kier molecular flexibility index (Phi) is 4.69. The highest BCUT2D eigenvalue weighted by molar-refractivity contribution is 5.44. The number of ether oxygens (including phenoxy) is 1. The number of benzene rings is 2. The quantitative estimate of drug-likeness (QED) is 0.906. The minimum Gasteiger partial charge on any atom is -0.488 e. The van der Waals surface area contributed by atoms with Crippen molar-refractivity contribution in [3.05, 3.63) is 64.7 Å². The maximum atomic E-state index is 6.12. The van der Waals surface area contributed by atoms with Gasteiger partial charge in [0.2, 0.25) is 0 Å². The Morgan fingerprint density at radius 1 is 0.952 bits per heavy atom. The van der Waals surface area contributed by atoms with Crippen molar-refractivity contribution in [3.63, 3.8) is 0 Å². The van der Waals surface area contributed by atoms with Gasteiger partial charge in [-0.25, -0.2) is 0 Å². The summed E-state index contributed by atoms with van der Waals surface area (Å²) >= 11 is 0. The summed E-state index contributed by atoms with van der Waals surface area (Å²) in [4.78, 5) is 0. The molecule has 2 aromatic rings. The summed E-state index contributed by atoms with van der Waals surface area (Å²) in [6.45, 7) is 9.90. The van der Waals surface area contributed by atoms with Gasteiger partial charge in [0, 0.05) is 6.54 Å². The Morgan fingerprint density at radius 2 is 1.57 bits per heavy atom. The van der Waals surface area contributed by atoms with Crippen molar-refractivity contribution in [2.75, 3.05) is 0 Å². The van der Waals surface area contributed by atoms with Crippen LogP contribution in [0.2, 0.25) is 0 Å². The molecular formula is C19H25NO. The first-order valence-electron chi connectivity index (χ1n) is 7.42. The van der Waals surface area contributed by atoms with Gasteiger partial charge < -0.3 is 10.5 Å². The van der Waals surface area contributed by atoms with Crippen LogP contribution in [0, 0.1) is 6.92 Å². The molecule has 0 bridgehead atoms. The lowest BCUT2D eigenvalue weighted by Crippen LogP contribution is -2.14. The van der Waals surface area contributed by atoms with Gasteiger partial charge in [-0.05, 0) is 34.6 Å². The molecule has 2 N–H and O–H groups in total. The van der Waals surface area contributed by atoms with Gasteiger partial charge in [0.25, 0.3) is 0 Å². The topological polar surface area (TPSA) is 35.2 Å². The highest BCUT2D eigenvalue weighted by Gasteiger charge is 2.20. The molecule has 0 amide bonds. The van der Waals surface area contributed by atoms with Crippen LogP contribution in [-0.2, 0) is 18.6 Å². The molecule has 0 unspecified atom stereocenters. The first-order chi connectivity index (χ1) is 9.91. The third kappa shape index (κ3) is 3.85. The van der Waals surface area contributed by atoms with E-state index in [4.69, 9.17) is 10.5 Å². The summed E-state index contributed by atoms with van der Waals surface area (Å²) < 4.78 is 6.12. The molecule has 2 nitrogen and oxygen atoms in total. The minimum absolute atomic E-state index is 0.0742. The lowest BCUT2D eigenvalue weighted by molar-refractivity contribution is 0.295. The SMILES string of the molecule is Cc1cccc(C(C)(C)C)c1OCc1ccc(CN)cc1. The molecule has 0 aromatic heterocycles. The molecule has 0 spiro atoms. The van der Waals surface area contributed by atoms with E-state index < -0.39 is 0 Å². The fraction of sp³-hybridized carbons (Fsp3) is 0.368. The van der Waals surface area contributed by atoms with Gasteiger partial charge in [0.05, 0.1) is 0 Å². The molecule has 0 radical (unpaired) electrons. The second kappa shape index (κ2) is 6.31. The third-order valence-electron chi connectivity index (χ3n) is 3.66. The van der Waals surface area contributed by atoms with Crippen molar-refractivity contribution in [3.8, 4) is 5.75 Å². The van der Waals surface area contributed by atoms with Crippen LogP contribution in [0.5, 0.6) is 5.75 Å². The highest BCUT2D eigenvalue weighted by atomic mass is 16.5. The molecule has 0 saturated carbocycles. The normalized spacial score (nSPS) is 11.5. The zero-order valence-corrected chi connectivity index (χ0v) is 13.4. The standard InChI is InChI=1S/C19H25NO/c1-14-6-5-7-17(19(2,3)4)18(14)21-13-16-10-8-15(12-20)9-11-16/h5-11H,12-13,20H2,1-4H3. The fourth-order valence-corrected chi connectivity index (χ4v) is 2.36. The maximum Gasteiger partial charge on any atom is 0.126 e. The van der Waals surface area contributed by atoms with E-state index in [2.05, 4.69) is 70.2 Å². The lowest BCUT2D eigenvalue weighted by Gasteiger charge is -2.24. The van der Waals surface area contributed by atoms with E-state index in [9.17, 15) is 0 Å². The van der Waals surface area contributed by atoms with Crippen molar-refractivity contribution in [2.24, 2.45) is 5.73 Å². The van der Waals surface area contributed by atoms with Crippen LogP contribution >= 0.6 is 0 Å². The van der Waals surface area contributed by atoms with Crippen molar-refractivity contribution < 1.29 is 4.74 Å². The third-order valence-corrected chi connectivity index (χ3v) is 3.66. The van der Waals surface area contributed by atoms with Crippen LogP contribution in [0.15, 0.2) is 42.5 Å². The van der Waals surface area contributed by atoms with E-state index in [0.29, 0.717) is 13.2 Å². The van der Waals surface area contributed by atoms with Crippen LogP contribution in [0.4, 0.5) is 0 Å². The van der Waals surface area contributed by atoms with Gasteiger partial charge in [0.15, 0.2) is 0 Å². The van der Waals surface area contributed by atoms with E-state index >= 15 is 0 Å². The van der Waals surface area contributed by atoms with Gasteiger partial charge in [-0.2, -0.15) is 0 Å². The Morgan fingerprint density at radius 3 is 2.14 bits per heavy atom. The average Bonchev–Trinajstić information content (AvgIpc) is 2.45. The molecule has 2 aromatic carbocycles. The molecule has 21 heavy (non-hydrogen) atoms. The molecule has 112 valence electrons. The predicted molar refractivity (Wildman–Crippen MR) is 88.5 cm³/mol. The van der Waals surface area contributed by atoms with Crippen molar-refractivity contribution in [1.82, 2.24) is 0 Å². The largest absolute Gasteiger partial charge is 0.488 e. The molecule has 0 atom stereocenters. The monoisotopic (exact) mass is 283 g/mol. The Labute approximate surface area is 127 Å². The molecule has 0 fully saturated rings. The molecule has 0 aliphatic heterocycles. The molecular weight excluding hydrogens is 258 g/mol. The average molecular weight is 283 g/mol. The fourth-order valence-electron chi connectivity index (χ4n) is 2.36. The van der Waals surface area contributed by atoms with Gasteiger partial charge >= 0.3 is 0 Å². The summed E-state index contributed by atoms with van der Waals surface area (Å²) in [5.41, 5.74) is 10.4. The zero-order chi connectivity index (χ0) is 15.5. The molecule has 0 aliphatic carbocycles. The highest BCUT2D eigenvalue weighted by Crippen LogP contribution is 2.34. The van der Waals surface area contributed by atoms with Crippen molar-refractivity contribution in [1.29, 1.82) is 0 Å². The summed E-state index contributed by atoms with van der Waals surface area (Å²) in [5.74, 6) is 1.01. The van der Waals surface area contributed by atoms with Gasteiger partial charge in [-0.15, -0.1) is 0 Å². The Bertz CT molecular complexity index is 594. The lowest BCUT2D eigenvalue weighted by atomic mass is 9.85. The van der Waals surface area contributed by atoms with Crippen LogP contribution in [0.25, 0.3) is 0 Å². The van der Waals surface area contributed by atoms with Gasteiger partial charge in [-0.3, -0.25) is 0 Å². The molecule has 0 saturated heterocycles. The minimum atomic E-state index is 0.0742. The summed E-state index contributed by atoms with van der Waals surface area (Å²) in [6.07, 6.45) is 0. The van der Waals surface area contributed by atoms with E-state index in [0.717, 1.165) is 16.9 Å². The second-order valence-electron chi connectivity index (χ2n) is 6.51. The predicted octanol–water partition coefficient (Wildman–Crippen LogP) is 4.33. The van der Waals surface area contributed by atoms with Crippen molar-refractivity contribution >= 4 is 0 Å². The summed E-state index contributed by atoms with van der Waals surface area (Å²) in [5, 5.41) is 0. The summed E-state index contributed by atoms with van der Waals surface area (Å²) in [7, 11) is 0. The Balaban J connectivity index is 2.19. The van der Waals surface area contributed by atoms with Crippen LogP contribution in [0.1, 0.15) is 43.0 Å². The van der Waals surface area contributed by atoms with E-state index in [1.54, 1.807) is 0 Å². The Hall–Kier alpha value is -1.80. The number of nitrogens with two attached hydrogens (primary N) is 1. The maximum absolute atomic E-state index is 6.12. The van der Waals surface area contributed by atoms with Gasteiger partial charge in [-0.1, -0.05) is 63.2 Å². The van der Waals surface area contributed by atoms with Crippen LogP contribution in [0.3, 0.4) is 0 Å². The number of para-hydroxylation sites is 1. The number of rotatable bonds is 4. The first-order valence-corrected chi connectivity index (χ1v) is 7.42. The molecule has 2 heteroatoms. The first kappa shape index (κ1) is 15.6. The summed E-state index contributed by atoms with van der Waals surface area (Å²) in [6, 6.07) is 14.6. The van der Waals surface area contributed by atoms with Crippen LogP contribution in [-0.4, -0.2) is 0 Å². The number of aryl methyl sites for hydroxylation is 1. The second-order valence-corrected chi connectivity index (χ2v) is 6.51. The number of hydrogen-bond donors (Lipinski definition) is 1.